The molecule has 0 aliphatic heterocycles. The van der Waals surface area contributed by atoms with Crippen LogP contribution >= 0.6 is 0 Å². The van der Waals surface area contributed by atoms with E-state index in [4.69, 9.17) is 4.74 Å². The van der Waals surface area contributed by atoms with Gasteiger partial charge in [-0.3, -0.25) is 4.98 Å². The van der Waals surface area contributed by atoms with Crippen molar-refractivity contribution < 1.29 is 4.74 Å². The molecule has 2 heteroatoms. The third-order valence-corrected chi connectivity index (χ3v) is 3.22. The van der Waals surface area contributed by atoms with Gasteiger partial charge in [0.05, 0.1) is 7.11 Å². The topological polar surface area (TPSA) is 22.1 Å². The second kappa shape index (κ2) is 5.11. The highest BCUT2D eigenvalue weighted by molar-refractivity contribution is 5.84. The van der Waals surface area contributed by atoms with Gasteiger partial charge in [-0.15, -0.1) is 0 Å². The molecule has 0 spiro atoms. The average Bonchev–Trinajstić information content (AvgIpc) is 2.48. The van der Waals surface area contributed by atoms with Gasteiger partial charge in [0, 0.05) is 18.3 Å². The Labute approximate surface area is 112 Å². The second-order valence-electron chi connectivity index (χ2n) is 4.55. The molecule has 0 fully saturated rings. The number of aromatic nitrogens is 1. The molecule has 0 N–H and O–H groups in total. The van der Waals surface area contributed by atoms with E-state index in [1.54, 1.807) is 7.11 Å². The zero-order valence-corrected chi connectivity index (χ0v) is 10.8. The summed E-state index contributed by atoms with van der Waals surface area (Å²) >= 11 is 0. The number of methoxy groups -OCH3 is 1. The molecule has 0 amide bonds. The Kier molecular flexibility index (Phi) is 3.15. The predicted octanol–water partition coefficient (Wildman–Crippen LogP) is 3.83. The van der Waals surface area contributed by atoms with Crippen molar-refractivity contribution in [3.8, 4) is 5.75 Å². The molecule has 0 unspecified atom stereocenters. The largest absolute Gasteiger partial charge is 0.497 e. The molecule has 19 heavy (non-hydrogen) atoms. The van der Waals surface area contributed by atoms with E-state index in [1.165, 1.54) is 16.3 Å². The molecule has 3 aromatic rings. The molecule has 2 aromatic carbocycles. The van der Waals surface area contributed by atoms with Crippen LogP contribution in [0.5, 0.6) is 5.75 Å². The molecular formula is C17H15NO. The van der Waals surface area contributed by atoms with Gasteiger partial charge >= 0.3 is 0 Å². The summed E-state index contributed by atoms with van der Waals surface area (Å²) in [5.74, 6) is 0.893. The maximum absolute atomic E-state index is 5.24. The first-order valence-corrected chi connectivity index (χ1v) is 6.32. The van der Waals surface area contributed by atoms with Gasteiger partial charge in [-0.1, -0.05) is 30.3 Å². The Morgan fingerprint density at radius 3 is 2.58 bits per heavy atom. The zero-order valence-electron chi connectivity index (χ0n) is 10.8. The summed E-state index contributed by atoms with van der Waals surface area (Å²) in [6.07, 6.45) is 2.70. The molecule has 94 valence electrons. The number of hydrogen-bond acceptors (Lipinski definition) is 2. The van der Waals surface area contributed by atoms with Crippen molar-refractivity contribution in [2.24, 2.45) is 0 Å². The van der Waals surface area contributed by atoms with Gasteiger partial charge in [-0.05, 0) is 40.6 Å². The molecule has 0 aliphatic rings. The summed E-state index contributed by atoms with van der Waals surface area (Å²) in [6, 6.07) is 18.7. The molecule has 0 saturated heterocycles. The number of hydrogen-bond donors (Lipinski definition) is 0. The monoisotopic (exact) mass is 249 g/mol. The first-order chi connectivity index (χ1) is 9.35. The Morgan fingerprint density at radius 2 is 1.79 bits per heavy atom. The van der Waals surface area contributed by atoms with Crippen molar-refractivity contribution in [2.45, 2.75) is 6.42 Å². The lowest BCUT2D eigenvalue weighted by Crippen LogP contribution is -1.91. The van der Waals surface area contributed by atoms with E-state index in [1.807, 2.05) is 24.4 Å². The lowest BCUT2D eigenvalue weighted by atomic mass is 10.0. The van der Waals surface area contributed by atoms with E-state index in [2.05, 4.69) is 41.4 Å². The fourth-order valence-corrected chi connectivity index (χ4v) is 2.22. The van der Waals surface area contributed by atoms with Gasteiger partial charge in [0.25, 0.3) is 0 Å². The minimum absolute atomic E-state index is 0.864. The van der Waals surface area contributed by atoms with Crippen LogP contribution in [0.25, 0.3) is 10.8 Å². The molecule has 0 aliphatic carbocycles. The summed E-state index contributed by atoms with van der Waals surface area (Å²) in [7, 11) is 1.69. The Bertz CT molecular complexity index is 692. The van der Waals surface area contributed by atoms with E-state index in [0.29, 0.717) is 0 Å². The van der Waals surface area contributed by atoms with Gasteiger partial charge in [0.15, 0.2) is 0 Å². The second-order valence-corrected chi connectivity index (χ2v) is 4.55. The normalized spacial score (nSPS) is 10.6. The Balaban J connectivity index is 1.94. The molecule has 2 nitrogen and oxygen atoms in total. The van der Waals surface area contributed by atoms with Crippen LogP contribution in [-0.2, 0) is 6.42 Å². The zero-order chi connectivity index (χ0) is 13.1. The molecular weight excluding hydrogens is 234 g/mol. The van der Waals surface area contributed by atoms with Crippen LogP contribution in [0, 0.1) is 0 Å². The molecule has 0 atom stereocenters. The standard InChI is InChI=1S/C17H15NO/c1-19-17-8-7-14-10-13(5-6-15(14)12-17)11-16-4-2-3-9-18-16/h2-10,12H,11H2,1H3. The first-order valence-electron chi connectivity index (χ1n) is 6.32. The molecule has 0 bridgehead atoms. The number of pyridine rings is 1. The van der Waals surface area contributed by atoms with E-state index in [0.717, 1.165) is 17.9 Å². The predicted molar refractivity (Wildman–Crippen MR) is 77.5 cm³/mol. The molecule has 0 radical (unpaired) electrons. The summed E-state index contributed by atoms with van der Waals surface area (Å²) in [4.78, 5) is 4.36. The van der Waals surface area contributed by atoms with E-state index >= 15 is 0 Å². The highest BCUT2D eigenvalue weighted by atomic mass is 16.5. The first kappa shape index (κ1) is 11.7. The molecule has 1 aromatic heterocycles. The third-order valence-electron chi connectivity index (χ3n) is 3.22. The van der Waals surface area contributed by atoms with Gasteiger partial charge in [0.1, 0.15) is 5.75 Å². The van der Waals surface area contributed by atoms with Crippen LogP contribution in [0.2, 0.25) is 0 Å². The molecule has 1 heterocycles. The minimum Gasteiger partial charge on any atom is -0.497 e. The number of rotatable bonds is 3. The Hall–Kier alpha value is -2.35. The summed E-state index contributed by atoms with van der Waals surface area (Å²) in [5.41, 5.74) is 2.37. The summed E-state index contributed by atoms with van der Waals surface area (Å²) in [6.45, 7) is 0. The number of ether oxygens (including phenoxy) is 1. The highest BCUT2D eigenvalue weighted by Crippen LogP contribution is 2.22. The van der Waals surface area contributed by atoms with E-state index in [-0.39, 0.29) is 0 Å². The number of nitrogens with zero attached hydrogens (tertiary/aromatic N) is 1. The maximum Gasteiger partial charge on any atom is 0.119 e. The van der Waals surface area contributed by atoms with Crippen molar-refractivity contribution in [1.82, 2.24) is 4.98 Å². The fraction of sp³-hybridized carbons (Fsp3) is 0.118. The lowest BCUT2D eigenvalue weighted by Gasteiger charge is -2.05. The quantitative estimate of drug-likeness (QED) is 0.703. The van der Waals surface area contributed by atoms with Crippen molar-refractivity contribution in [2.75, 3.05) is 7.11 Å². The van der Waals surface area contributed by atoms with Crippen molar-refractivity contribution in [1.29, 1.82) is 0 Å². The third kappa shape index (κ3) is 2.58. The van der Waals surface area contributed by atoms with Crippen LogP contribution in [-0.4, -0.2) is 12.1 Å². The van der Waals surface area contributed by atoms with Gasteiger partial charge in [-0.2, -0.15) is 0 Å². The highest BCUT2D eigenvalue weighted by Gasteiger charge is 2.00. The average molecular weight is 249 g/mol. The van der Waals surface area contributed by atoms with Gasteiger partial charge in [-0.25, -0.2) is 0 Å². The van der Waals surface area contributed by atoms with E-state index in [9.17, 15) is 0 Å². The SMILES string of the molecule is COc1ccc2cc(Cc3ccccn3)ccc2c1. The fourth-order valence-electron chi connectivity index (χ4n) is 2.22. The van der Waals surface area contributed by atoms with Crippen LogP contribution in [0.3, 0.4) is 0 Å². The van der Waals surface area contributed by atoms with Gasteiger partial charge < -0.3 is 4.74 Å². The van der Waals surface area contributed by atoms with Crippen LogP contribution in [0.15, 0.2) is 60.8 Å². The number of benzene rings is 2. The summed E-state index contributed by atoms with van der Waals surface area (Å²) in [5, 5.41) is 2.43. The van der Waals surface area contributed by atoms with Gasteiger partial charge in [0.2, 0.25) is 0 Å². The molecule has 0 saturated carbocycles. The lowest BCUT2D eigenvalue weighted by molar-refractivity contribution is 0.415. The molecule has 3 rings (SSSR count). The number of fused-ring (bicyclic) bond motifs is 1. The summed E-state index contributed by atoms with van der Waals surface area (Å²) < 4.78 is 5.24. The van der Waals surface area contributed by atoms with Crippen molar-refractivity contribution in [3.63, 3.8) is 0 Å². The van der Waals surface area contributed by atoms with Crippen LogP contribution in [0.1, 0.15) is 11.3 Å². The minimum atomic E-state index is 0.864. The van der Waals surface area contributed by atoms with E-state index < -0.39 is 0 Å². The Morgan fingerprint density at radius 1 is 0.947 bits per heavy atom. The van der Waals surface area contributed by atoms with Crippen molar-refractivity contribution >= 4 is 10.8 Å². The van der Waals surface area contributed by atoms with Crippen LogP contribution in [0.4, 0.5) is 0 Å². The van der Waals surface area contributed by atoms with Crippen LogP contribution < -0.4 is 4.74 Å². The van der Waals surface area contributed by atoms with Crippen molar-refractivity contribution in [3.05, 3.63) is 72.1 Å². The maximum atomic E-state index is 5.24. The smallest absolute Gasteiger partial charge is 0.119 e.